The van der Waals surface area contributed by atoms with Gasteiger partial charge in [0.1, 0.15) is 0 Å². The number of halogens is 6. The lowest BCUT2D eigenvalue weighted by Gasteiger charge is -2.30. The largest absolute Gasteiger partial charge is 0.402 e. The first-order chi connectivity index (χ1) is 9.14. The van der Waals surface area contributed by atoms with E-state index in [2.05, 4.69) is 0 Å². The molecule has 0 fully saturated rings. The van der Waals surface area contributed by atoms with Crippen LogP contribution in [0.4, 0.5) is 26.3 Å². The Kier molecular flexibility index (Phi) is 8.50. The zero-order valence-corrected chi connectivity index (χ0v) is 11.4. The van der Waals surface area contributed by atoms with Crippen LogP contribution >= 0.6 is 0 Å². The van der Waals surface area contributed by atoms with Gasteiger partial charge < -0.3 is 0 Å². The molecule has 0 aromatic carbocycles. The van der Waals surface area contributed by atoms with Crippen LogP contribution in [0.5, 0.6) is 0 Å². The third kappa shape index (κ3) is 7.33. The summed E-state index contributed by atoms with van der Waals surface area (Å²) in [4.78, 5) is 0. The number of rotatable bonds is 9. The van der Waals surface area contributed by atoms with E-state index >= 15 is 0 Å². The van der Waals surface area contributed by atoms with Crippen LogP contribution in [-0.2, 0) is 0 Å². The van der Waals surface area contributed by atoms with Gasteiger partial charge >= 0.3 is 12.4 Å². The maximum atomic E-state index is 12.5. The van der Waals surface area contributed by atoms with E-state index < -0.39 is 24.3 Å². The maximum absolute atomic E-state index is 12.5. The molecule has 0 aromatic rings. The van der Waals surface area contributed by atoms with Gasteiger partial charge in [0.25, 0.3) is 0 Å². The minimum absolute atomic E-state index is 0.244. The molecule has 3 N–H and O–H groups in total. The Morgan fingerprint density at radius 2 is 1.30 bits per heavy atom. The third-order valence-corrected chi connectivity index (χ3v) is 3.19. The highest BCUT2D eigenvalue weighted by Gasteiger charge is 2.59. The van der Waals surface area contributed by atoms with Crippen LogP contribution in [0.3, 0.4) is 0 Å². The van der Waals surface area contributed by atoms with Gasteiger partial charge in [-0.25, -0.2) is 0 Å². The molecule has 2 nitrogen and oxygen atoms in total. The molecule has 1 unspecified atom stereocenters. The van der Waals surface area contributed by atoms with E-state index in [4.69, 9.17) is 5.84 Å². The Hall–Kier alpha value is -0.500. The van der Waals surface area contributed by atoms with E-state index in [1.54, 1.807) is 5.43 Å². The number of nitrogens with one attached hydrogen (secondary N) is 1. The highest BCUT2D eigenvalue weighted by atomic mass is 19.4. The highest BCUT2D eigenvalue weighted by molar-refractivity contribution is 4.86. The summed E-state index contributed by atoms with van der Waals surface area (Å²) in [5, 5.41) is 0. The molecule has 0 aliphatic carbocycles. The average Bonchev–Trinajstić information content (AvgIpc) is 2.28. The maximum Gasteiger partial charge on any atom is 0.402 e. The molecule has 0 saturated heterocycles. The SMILES string of the molecule is CCCCCCCCC(NN)C(C(F)(F)F)C(F)(F)F. The van der Waals surface area contributed by atoms with Crippen molar-refractivity contribution in [1.82, 2.24) is 5.43 Å². The van der Waals surface area contributed by atoms with Gasteiger partial charge in [-0.2, -0.15) is 26.3 Å². The van der Waals surface area contributed by atoms with Gasteiger partial charge in [0.05, 0.1) is 0 Å². The number of alkyl halides is 6. The van der Waals surface area contributed by atoms with E-state index in [9.17, 15) is 26.3 Å². The second-order valence-electron chi connectivity index (χ2n) is 4.89. The van der Waals surface area contributed by atoms with Gasteiger partial charge in [-0.05, 0) is 6.42 Å². The number of unbranched alkanes of at least 4 members (excludes halogenated alkanes) is 5. The van der Waals surface area contributed by atoms with Crippen molar-refractivity contribution < 1.29 is 26.3 Å². The van der Waals surface area contributed by atoms with Gasteiger partial charge in [-0.15, -0.1) is 0 Å². The molecular formula is C12H22F6N2. The minimum atomic E-state index is -5.35. The van der Waals surface area contributed by atoms with E-state index in [-0.39, 0.29) is 6.42 Å². The van der Waals surface area contributed by atoms with E-state index in [1.165, 1.54) is 0 Å². The lowest BCUT2D eigenvalue weighted by Crippen LogP contribution is -2.53. The Morgan fingerprint density at radius 1 is 0.850 bits per heavy atom. The first-order valence-corrected chi connectivity index (χ1v) is 6.74. The Bertz CT molecular complexity index is 237. The Morgan fingerprint density at radius 3 is 1.70 bits per heavy atom. The minimum Gasteiger partial charge on any atom is -0.271 e. The third-order valence-electron chi connectivity index (χ3n) is 3.19. The number of hydrazine groups is 1. The normalized spacial score (nSPS) is 14.8. The topological polar surface area (TPSA) is 38.0 Å². The van der Waals surface area contributed by atoms with E-state index in [0.717, 1.165) is 25.7 Å². The van der Waals surface area contributed by atoms with Gasteiger partial charge in [-0.1, -0.05) is 45.4 Å². The van der Waals surface area contributed by atoms with Crippen molar-refractivity contribution in [1.29, 1.82) is 0 Å². The van der Waals surface area contributed by atoms with Crippen molar-refractivity contribution in [3.63, 3.8) is 0 Å². The van der Waals surface area contributed by atoms with E-state index in [0.29, 0.717) is 12.8 Å². The molecule has 122 valence electrons. The van der Waals surface area contributed by atoms with Gasteiger partial charge in [0, 0.05) is 6.04 Å². The average molecular weight is 308 g/mol. The van der Waals surface area contributed by atoms with Crippen molar-refractivity contribution in [3.8, 4) is 0 Å². The summed E-state index contributed by atoms with van der Waals surface area (Å²) in [5.41, 5.74) is 1.68. The van der Waals surface area contributed by atoms with Gasteiger partial charge in [0.15, 0.2) is 5.92 Å². The smallest absolute Gasteiger partial charge is 0.271 e. The summed E-state index contributed by atoms with van der Waals surface area (Å²) in [6, 6.07) is -1.83. The van der Waals surface area contributed by atoms with Crippen LogP contribution in [0.25, 0.3) is 0 Å². The molecule has 1 atom stereocenters. The molecule has 0 aliphatic heterocycles. The predicted octanol–water partition coefficient (Wildman–Crippen LogP) is 4.31. The predicted molar refractivity (Wildman–Crippen MR) is 64.7 cm³/mol. The molecule has 0 bridgehead atoms. The second kappa shape index (κ2) is 8.71. The van der Waals surface area contributed by atoms with Crippen molar-refractivity contribution in [2.24, 2.45) is 11.8 Å². The molecule has 0 amide bonds. The number of hydrogen-bond acceptors (Lipinski definition) is 2. The van der Waals surface area contributed by atoms with Crippen molar-refractivity contribution in [3.05, 3.63) is 0 Å². The molecule has 0 aliphatic rings. The van der Waals surface area contributed by atoms with Gasteiger partial charge in [0.2, 0.25) is 0 Å². The quantitative estimate of drug-likeness (QED) is 0.288. The Balaban J connectivity index is 4.40. The first kappa shape index (κ1) is 19.5. The molecule has 0 aromatic heterocycles. The monoisotopic (exact) mass is 308 g/mol. The summed E-state index contributed by atoms with van der Waals surface area (Å²) in [5.74, 6) is 1.46. The first-order valence-electron chi connectivity index (χ1n) is 6.74. The van der Waals surface area contributed by atoms with Crippen LogP contribution < -0.4 is 11.3 Å². The van der Waals surface area contributed by atoms with Crippen molar-refractivity contribution >= 4 is 0 Å². The highest BCUT2D eigenvalue weighted by Crippen LogP contribution is 2.42. The fraction of sp³-hybridized carbons (Fsp3) is 1.00. The van der Waals surface area contributed by atoms with Gasteiger partial charge in [-0.3, -0.25) is 11.3 Å². The van der Waals surface area contributed by atoms with Crippen LogP contribution in [0.2, 0.25) is 0 Å². The fourth-order valence-electron chi connectivity index (χ4n) is 2.13. The lowest BCUT2D eigenvalue weighted by molar-refractivity contribution is -0.292. The zero-order valence-electron chi connectivity index (χ0n) is 11.4. The molecule has 0 saturated carbocycles. The van der Waals surface area contributed by atoms with Crippen LogP contribution in [0.15, 0.2) is 0 Å². The number of nitrogens with two attached hydrogens (primary N) is 1. The molecule has 0 radical (unpaired) electrons. The Labute approximate surface area is 115 Å². The molecule has 0 rings (SSSR count). The van der Waals surface area contributed by atoms with Crippen molar-refractivity contribution in [2.75, 3.05) is 0 Å². The summed E-state index contributed by atoms with van der Waals surface area (Å²) in [6.07, 6.45) is -6.24. The number of hydrogen-bond donors (Lipinski definition) is 2. The van der Waals surface area contributed by atoms with Crippen LogP contribution in [-0.4, -0.2) is 18.4 Å². The second-order valence-corrected chi connectivity index (χ2v) is 4.89. The molecule has 0 spiro atoms. The standard InChI is InChI=1S/C12H22F6N2/c1-2-3-4-5-6-7-8-9(20-19)10(11(13,14)15)12(16,17)18/h9-10,20H,2-8,19H2,1H3. The van der Waals surface area contributed by atoms with Crippen LogP contribution in [0, 0.1) is 5.92 Å². The summed E-state index contributed by atoms with van der Waals surface area (Å²) in [6.45, 7) is 2.02. The van der Waals surface area contributed by atoms with E-state index in [1.807, 2.05) is 6.92 Å². The summed E-state index contributed by atoms with van der Waals surface area (Å²) < 4.78 is 75.1. The zero-order chi connectivity index (χ0) is 15.8. The summed E-state index contributed by atoms with van der Waals surface area (Å²) >= 11 is 0. The molecule has 0 heterocycles. The van der Waals surface area contributed by atoms with Crippen LogP contribution in [0.1, 0.15) is 51.9 Å². The molecular weight excluding hydrogens is 286 g/mol. The molecule has 8 heteroatoms. The summed E-state index contributed by atoms with van der Waals surface area (Å²) in [7, 11) is 0. The lowest BCUT2D eigenvalue weighted by atomic mass is 9.93. The van der Waals surface area contributed by atoms with Crippen molar-refractivity contribution in [2.45, 2.75) is 70.3 Å². The molecule has 20 heavy (non-hydrogen) atoms. The fourth-order valence-corrected chi connectivity index (χ4v) is 2.13.